The van der Waals surface area contributed by atoms with Crippen LogP contribution in [0.15, 0.2) is 42.6 Å². The number of hydrogen-bond acceptors (Lipinski definition) is 7. The van der Waals surface area contributed by atoms with Gasteiger partial charge in [-0.1, -0.05) is 17.7 Å². The molecule has 2 aromatic heterocycles. The third-order valence-corrected chi connectivity index (χ3v) is 6.13. The fourth-order valence-corrected chi connectivity index (χ4v) is 4.35. The van der Waals surface area contributed by atoms with Crippen LogP contribution in [0, 0.1) is 6.92 Å². The van der Waals surface area contributed by atoms with Crippen LogP contribution < -0.4 is 4.74 Å². The maximum Gasteiger partial charge on any atom is 0.246 e. The molecule has 4 rings (SSSR count). The van der Waals surface area contributed by atoms with Gasteiger partial charge < -0.3 is 9.64 Å². The second-order valence-electron chi connectivity index (χ2n) is 8.68. The number of amides is 1. The summed E-state index contributed by atoms with van der Waals surface area (Å²) in [7, 11) is 0. The zero-order chi connectivity index (χ0) is 25.5. The van der Waals surface area contributed by atoms with Crippen molar-refractivity contribution in [1.29, 1.82) is 0 Å². The molecule has 1 fully saturated rings. The molecule has 9 nitrogen and oxygen atoms in total. The Balaban J connectivity index is 1.34. The molecule has 0 spiro atoms. The number of aryl methyl sites for hydroxylation is 1. The summed E-state index contributed by atoms with van der Waals surface area (Å²) in [6, 6.07) is 9.27. The van der Waals surface area contributed by atoms with Crippen molar-refractivity contribution >= 4 is 23.6 Å². The normalized spacial score (nSPS) is 16.6. The number of hydrogen-bond donors (Lipinski definition) is 0. The number of nitrogens with zero attached hydrogens (tertiary/aromatic N) is 7. The van der Waals surface area contributed by atoms with E-state index in [0.717, 1.165) is 29.9 Å². The number of aromatic nitrogens is 5. The summed E-state index contributed by atoms with van der Waals surface area (Å²) >= 11 is 6.20. The quantitative estimate of drug-likeness (QED) is 0.406. The molecule has 1 aliphatic heterocycles. The van der Waals surface area contributed by atoms with Crippen molar-refractivity contribution in [3.05, 3.63) is 70.3 Å². The molecule has 11 heteroatoms. The van der Waals surface area contributed by atoms with E-state index in [4.69, 9.17) is 16.3 Å². The predicted molar refractivity (Wildman–Crippen MR) is 134 cm³/mol. The number of ether oxygens (including phenoxy) is 1. The van der Waals surface area contributed by atoms with Gasteiger partial charge in [0, 0.05) is 43.3 Å². The highest BCUT2D eigenvalue weighted by Gasteiger charge is 2.26. The number of pyridine rings is 1. The van der Waals surface area contributed by atoms with Gasteiger partial charge in [-0.2, -0.15) is 4.80 Å². The Labute approximate surface area is 214 Å². The largest absolute Gasteiger partial charge is 0.489 e. The minimum Gasteiger partial charge on any atom is -0.489 e. The van der Waals surface area contributed by atoms with E-state index in [0.29, 0.717) is 36.2 Å². The van der Waals surface area contributed by atoms with Gasteiger partial charge in [0.15, 0.2) is 5.82 Å². The lowest BCUT2D eigenvalue weighted by Crippen LogP contribution is -2.53. The van der Waals surface area contributed by atoms with Crippen LogP contribution in [0.3, 0.4) is 0 Å². The molecule has 190 valence electrons. The van der Waals surface area contributed by atoms with Crippen LogP contribution >= 0.6 is 11.6 Å². The number of piperazine rings is 1. The molecule has 0 unspecified atom stereocenters. The molecular weight excluding hydrogens is 485 g/mol. The maximum absolute atomic E-state index is 13.0. The highest BCUT2D eigenvalue weighted by Crippen LogP contribution is 2.20. The molecule has 3 aromatic rings. The molecule has 0 bridgehead atoms. The number of tetrazole rings is 1. The summed E-state index contributed by atoms with van der Waals surface area (Å²) < 4.78 is 17.5. The van der Waals surface area contributed by atoms with Gasteiger partial charge in [-0.3, -0.25) is 14.7 Å². The number of carbonyl (C=O) groups excluding carboxylic acids is 1. The number of benzene rings is 1. The summed E-state index contributed by atoms with van der Waals surface area (Å²) in [5.74, 6) is 1.11. The SMILES string of the molecule is Cc1nnn(Cc2cc(Cl)ccc2/C=C/C(=O)N2CCN(Cc3ccc(OCCF)cn3)C[C@H]2C)n1. The molecule has 0 aliphatic carbocycles. The van der Waals surface area contributed by atoms with Crippen LogP contribution in [0.2, 0.25) is 5.02 Å². The number of halogens is 2. The zero-order valence-electron chi connectivity index (χ0n) is 20.3. The van der Waals surface area contributed by atoms with E-state index in [9.17, 15) is 9.18 Å². The van der Waals surface area contributed by atoms with Crippen molar-refractivity contribution in [3.8, 4) is 5.75 Å². The van der Waals surface area contributed by atoms with Crippen LogP contribution in [-0.4, -0.2) is 79.9 Å². The van der Waals surface area contributed by atoms with Crippen LogP contribution in [0.25, 0.3) is 6.08 Å². The van der Waals surface area contributed by atoms with Crippen molar-refractivity contribution < 1.29 is 13.9 Å². The summed E-state index contributed by atoms with van der Waals surface area (Å²) in [6.07, 6.45) is 5.04. The molecule has 1 amide bonds. The highest BCUT2D eigenvalue weighted by atomic mass is 35.5. The van der Waals surface area contributed by atoms with E-state index in [1.807, 2.05) is 36.1 Å². The number of rotatable bonds is 9. The summed E-state index contributed by atoms with van der Waals surface area (Å²) in [4.78, 5) is 23.1. The molecule has 1 aromatic carbocycles. The fourth-order valence-electron chi connectivity index (χ4n) is 4.15. The Morgan fingerprint density at radius 2 is 2.11 bits per heavy atom. The summed E-state index contributed by atoms with van der Waals surface area (Å²) in [5.41, 5.74) is 2.68. The first kappa shape index (κ1) is 25.7. The van der Waals surface area contributed by atoms with Gasteiger partial charge >= 0.3 is 0 Å². The Morgan fingerprint density at radius 3 is 2.81 bits per heavy atom. The Bertz CT molecular complexity index is 1200. The molecule has 1 aliphatic rings. The average molecular weight is 514 g/mol. The second-order valence-corrected chi connectivity index (χ2v) is 9.12. The summed E-state index contributed by atoms with van der Waals surface area (Å²) in [5, 5.41) is 12.8. The van der Waals surface area contributed by atoms with Gasteiger partial charge in [0.05, 0.1) is 18.4 Å². The standard InChI is InChI=1S/C25H29ClFN7O2/c1-18-15-32(17-23-6-7-24(14-28-23)36-12-9-27)10-11-33(18)25(35)8-4-20-3-5-22(26)13-21(20)16-34-30-19(2)29-31-34/h3-8,13-14,18H,9-12,15-17H2,1-2H3/b8-4+/t18-/m1/s1. The van der Waals surface area contributed by atoms with Crippen molar-refractivity contribution in [2.45, 2.75) is 33.0 Å². The van der Waals surface area contributed by atoms with E-state index in [1.54, 1.807) is 31.3 Å². The lowest BCUT2D eigenvalue weighted by Gasteiger charge is -2.39. The monoisotopic (exact) mass is 513 g/mol. The minimum atomic E-state index is -0.529. The Morgan fingerprint density at radius 1 is 1.25 bits per heavy atom. The summed E-state index contributed by atoms with van der Waals surface area (Å²) in [6.45, 7) is 6.51. The minimum absolute atomic E-state index is 0.0288. The van der Waals surface area contributed by atoms with Crippen molar-refractivity contribution in [3.63, 3.8) is 0 Å². The molecule has 1 saturated heterocycles. The van der Waals surface area contributed by atoms with Crippen molar-refractivity contribution in [2.75, 3.05) is 32.9 Å². The first-order valence-corrected chi connectivity index (χ1v) is 12.2. The first-order chi connectivity index (χ1) is 17.4. The van der Waals surface area contributed by atoms with E-state index in [-0.39, 0.29) is 18.6 Å². The van der Waals surface area contributed by atoms with E-state index in [2.05, 4.69) is 25.3 Å². The van der Waals surface area contributed by atoms with Crippen molar-refractivity contribution in [2.24, 2.45) is 0 Å². The van der Waals surface area contributed by atoms with Gasteiger partial charge in [0.2, 0.25) is 5.91 Å². The van der Waals surface area contributed by atoms with Gasteiger partial charge in [-0.05, 0) is 60.5 Å². The highest BCUT2D eigenvalue weighted by molar-refractivity contribution is 6.30. The predicted octanol–water partition coefficient (Wildman–Crippen LogP) is 3.17. The molecule has 0 N–H and O–H groups in total. The number of carbonyl (C=O) groups is 1. The van der Waals surface area contributed by atoms with Gasteiger partial charge in [0.1, 0.15) is 19.0 Å². The Hall–Kier alpha value is -3.37. The van der Waals surface area contributed by atoms with Crippen LogP contribution in [0.5, 0.6) is 5.75 Å². The van der Waals surface area contributed by atoms with E-state index >= 15 is 0 Å². The molecule has 36 heavy (non-hydrogen) atoms. The third-order valence-electron chi connectivity index (χ3n) is 5.90. The fraction of sp³-hybridized carbons (Fsp3) is 0.400. The molecular formula is C25H29ClFN7O2. The zero-order valence-corrected chi connectivity index (χ0v) is 21.1. The number of alkyl halides is 1. The Kier molecular flexibility index (Phi) is 8.61. The van der Waals surface area contributed by atoms with Gasteiger partial charge in [-0.25, -0.2) is 4.39 Å². The maximum atomic E-state index is 13.0. The van der Waals surface area contributed by atoms with Gasteiger partial charge in [-0.15, -0.1) is 10.2 Å². The van der Waals surface area contributed by atoms with Gasteiger partial charge in [0.25, 0.3) is 0 Å². The molecule has 0 radical (unpaired) electrons. The van der Waals surface area contributed by atoms with Crippen LogP contribution in [0.4, 0.5) is 4.39 Å². The lowest BCUT2D eigenvalue weighted by atomic mass is 10.1. The molecule has 0 saturated carbocycles. The first-order valence-electron chi connectivity index (χ1n) is 11.8. The van der Waals surface area contributed by atoms with E-state index in [1.165, 1.54) is 4.80 Å². The topological polar surface area (TPSA) is 89.3 Å². The lowest BCUT2D eigenvalue weighted by molar-refractivity contribution is -0.130. The van der Waals surface area contributed by atoms with Crippen molar-refractivity contribution in [1.82, 2.24) is 35.0 Å². The average Bonchev–Trinajstić information content (AvgIpc) is 3.27. The smallest absolute Gasteiger partial charge is 0.246 e. The van der Waals surface area contributed by atoms with E-state index < -0.39 is 6.67 Å². The molecule has 3 heterocycles. The third kappa shape index (κ3) is 6.86. The second kappa shape index (κ2) is 12.0. The van der Waals surface area contributed by atoms with Crippen LogP contribution in [-0.2, 0) is 17.9 Å². The molecule has 1 atom stereocenters. The van der Waals surface area contributed by atoms with Crippen LogP contribution in [0.1, 0.15) is 29.6 Å².